The molecule has 0 radical (unpaired) electrons. The lowest BCUT2D eigenvalue weighted by Crippen LogP contribution is -2.36. The van der Waals surface area contributed by atoms with E-state index in [0.29, 0.717) is 25.0 Å². The molecule has 2 amide bonds. The van der Waals surface area contributed by atoms with Gasteiger partial charge < -0.3 is 20.7 Å². The Morgan fingerprint density at radius 1 is 1.12 bits per heavy atom. The van der Waals surface area contributed by atoms with Gasteiger partial charge in [-0.25, -0.2) is 4.79 Å². The van der Waals surface area contributed by atoms with Crippen molar-refractivity contribution >= 4 is 27.6 Å². The van der Waals surface area contributed by atoms with E-state index in [2.05, 4.69) is 41.6 Å². The SMILES string of the molecule is CC(C)C#CCNC(=O)NCCCCOCSSCCNC(C)C.[HH].[HH].[HH]. The summed E-state index contributed by atoms with van der Waals surface area (Å²) in [6, 6.07) is 0.395. The van der Waals surface area contributed by atoms with Gasteiger partial charge in [-0.1, -0.05) is 61.1 Å². The first-order valence-corrected chi connectivity index (χ1v) is 11.1. The highest BCUT2D eigenvalue weighted by Crippen LogP contribution is 2.20. The Hall–Kier alpha value is -0.550. The maximum Gasteiger partial charge on any atom is 0.315 e. The zero-order valence-corrected chi connectivity index (χ0v) is 17.1. The first-order valence-electron chi connectivity index (χ1n) is 8.58. The molecule has 0 saturated heterocycles. The first-order chi connectivity index (χ1) is 11.5. The first kappa shape index (κ1) is 23.4. The van der Waals surface area contributed by atoms with Gasteiger partial charge in [0.05, 0.1) is 6.54 Å². The Morgan fingerprint density at radius 3 is 2.62 bits per heavy atom. The lowest BCUT2D eigenvalue weighted by atomic mass is 10.2. The summed E-state index contributed by atoms with van der Waals surface area (Å²) in [7, 11) is 3.58. The van der Waals surface area contributed by atoms with Crippen LogP contribution in [-0.4, -0.2) is 50.0 Å². The number of ether oxygens (including phenoxy) is 1. The molecule has 5 nitrogen and oxygen atoms in total. The number of rotatable bonds is 13. The molecule has 0 heterocycles. The maximum atomic E-state index is 11.5. The number of unbranched alkanes of at least 4 members (excludes halogenated alkanes) is 1. The highest BCUT2D eigenvalue weighted by atomic mass is 33.1. The van der Waals surface area contributed by atoms with E-state index in [1.807, 2.05) is 24.6 Å². The summed E-state index contributed by atoms with van der Waals surface area (Å²) in [4.78, 5) is 11.5. The molecule has 0 spiro atoms. The van der Waals surface area contributed by atoms with Gasteiger partial charge in [-0.15, -0.1) is 0 Å². The molecule has 0 aliphatic rings. The molecule has 0 atom stereocenters. The Kier molecular flexibility index (Phi) is 16.9. The van der Waals surface area contributed by atoms with E-state index < -0.39 is 0 Å². The summed E-state index contributed by atoms with van der Waals surface area (Å²) in [6.45, 7) is 11.2. The number of hydrogen-bond donors (Lipinski definition) is 3. The molecule has 0 aliphatic heterocycles. The van der Waals surface area contributed by atoms with Crippen LogP contribution in [0.4, 0.5) is 4.79 Å². The van der Waals surface area contributed by atoms with E-state index in [0.717, 1.165) is 37.7 Å². The minimum Gasteiger partial charge on any atom is -0.370 e. The lowest BCUT2D eigenvalue weighted by Gasteiger charge is -2.07. The molecule has 3 N–H and O–H groups in total. The van der Waals surface area contributed by atoms with Gasteiger partial charge in [0.2, 0.25) is 0 Å². The normalized spacial score (nSPS) is 10.6. The molecule has 0 rings (SSSR count). The fraction of sp³-hybridized carbons (Fsp3) is 0.824. The van der Waals surface area contributed by atoms with Crippen LogP contribution in [0.1, 0.15) is 44.8 Å². The monoisotopic (exact) mass is 381 g/mol. The molecule has 146 valence electrons. The van der Waals surface area contributed by atoms with Gasteiger partial charge >= 0.3 is 6.03 Å². The van der Waals surface area contributed by atoms with Crippen molar-refractivity contribution in [3.8, 4) is 11.8 Å². The van der Waals surface area contributed by atoms with E-state index in [1.165, 1.54) is 0 Å². The third kappa shape index (κ3) is 19.5. The van der Waals surface area contributed by atoms with Crippen LogP contribution in [0.2, 0.25) is 0 Å². The molecule has 0 aromatic carbocycles. The minimum atomic E-state index is -0.157. The van der Waals surface area contributed by atoms with Gasteiger partial charge in [0.1, 0.15) is 5.94 Å². The van der Waals surface area contributed by atoms with Crippen molar-refractivity contribution in [2.24, 2.45) is 5.92 Å². The summed E-state index contributed by atoms with van der Waals surface area (Å²) in [5.74, 6) is 8.06. The largest absolute Gasteiger partial charge is 0.370 e. The second-order valence-electron chi connectivity index (χ2n) is 5.87. The topological polar surface area (TPSA) is 62.4 Å². The fourth-order valence-corrected chi connectivity index (χ4v) is 3.13. The summed E-state index contributed by atoms with van der Waals surface area (Å²) < 4.78 is 5.55. The van der Waals surface area contributed by atoms with Crippen molar-refractivity contribution in [3.63, 3.8) is 0 Å². The molecule has 0 saturated carbocycles. The zero-order valence-electron chi connectivity index (χ0n) is 15.4. The molecular weight excluding hydrogens is 342 g/mol. The van der Waals surface area contributed by atoms with Crippen molar-refractivity contribution in [3.05, 3.63) is 0 Å². The molecule has 0 aromatic heterocycles. The van der Waals surface area contributed by atoms with Crippen LogP contribution < -0.4 is 16.0 Å². The highest BCUT2D eigenvalue weighted by molar-refractivity contribution is 8.76. The number of hydrogen-bond acceptors (Lipinski definition) is 5. The lowest BCUT2D eigenvalue weighted by molar-refractivity contribution is 0.178. The van der Waals surface area contributed by atoms with Crippen LogP contribution in [0.15, 0.2) is 0 Å². The molecule has 0 aliphatic carbocycles. The van der Waals surface area contributed by atoms with E-state index >= 15 is 0 Å². The van der Waals surface area contributed by atoms with Crippen molar-refractivity contribution in [2.45, 2.75) is 46.6 Å². The van der Waals surface area contributed by atoms with Gasteiger partial charge in [0.25, 0.3) is 0 Å². The quantitative estimate of drug-likeness (QED) is 0.196. The maximum absolute atomic E-state index is 11.5. The molecule has 0 fully saturated rings. The van der Waals surface area contributed by atoms with Gasteiger partial charge in [-0.3, -0.25) is 0 Å². The van der Waals surface area contributed by atoms with E-state index in [-0.39, 0.29) is 10.3 Å². The van der Waals surface area contributed by atoms with Gasteiger partial charge in [0, 0.05) is 41.7 Å². The van der Waals surface area contributed by atoms with Gasteiger partial charge in [-0.05, 0) is 12.8 Å². The minimum absolute atomic E-state index is 0. The molecule has 0 unspecified atom stereocenters. The van der Waals surface area contributed by atoms with Crippen LogP contribution in [0.25, 0.3) is 0 Å². The van der Waals surface area contributed by atoms with Crippen LogP contribution in [-0.2, 0) is 4.74 Å². The Balaban J connectivity index is -0.000000882. The van der Waals surface area contributed by atoms with E-state index in [4.69, 9.17) is 4.74 Å². The van der Waals surface area contributed by atoms with Gasteiger partial charge in [0.15, 0.2) is 0 Å². The molecule has 7 heteroatoms. The Labute approximate surface area is 160 Å². The van der Waals surface area contributed by atoms with Crippen molar-refractivity contribution in [2.75, 3.05) is 37.9 Å². The second-order valence-corrected chi connectivity index (χ2v) is 8.40. The average molecular weight is 382 g/mol. The molecule has 0 bridgehead atoms. The number of carbonyl (C=O) groups is 1. The number of carbonyl (C=O) groups excluding carboxylic acids is 1. The Morgan fingerprint density at radius 2 is 1.92 bits per heavy atom. The number of nitrogens with one attached hydrogen (secondary N) is 3. The van der Waals surface area contributed by atoms with Crippen LogP contribution >= 0.6 is 21.6 Å². The van der Waals surface area contributed by atoms with Crippen LogP contribution in [0.3, 0.4) is 0 Å². The van der Waals surface area contributed by atoms with Crippen LogP contribution in [0.5, 0.6) is 0 Å². The summed E-state index contributed by atoms with van der Waals surface area (Å²) in [5, 5.41) is 8.91. The number of urea groups is 1. The summed E-state index contributed by atoms with van der Waals surface area (Å²) >= 11 is 0. The van der Waals surface area contributed by atoms with Crippen molar-refractivity contribution < 1.29 is 13.8 Å². The zero-order chi connectivity index (χ0) is 18.0. The Bertz CT molecular complexity index is 382. The molecular formula is C17H39N3O2S2. The predicted octanol–water partition coefficient (Wildman–Crippen LogP) is 3.82. The van der Waals surface area contributed by atoms with E-state index in [9.17, 15) is 4.79 Å². The summed E-state index contributed by atoms with van der Waals surface area (Å²) in [6.07, 6.45) is 1.87. The van der Waals surface area contributed by atoms with E-state index in [1.54, 1.807) is 10.8 Å². The number of amides is 2. The van der Waals surface area contributed by atoms with Gasteiger partial charge in [-0.2, -0.15) is 0 Å². The molecule has 0 aromatic rings. The fourth-order valence-electron chi connectivity index (χ4n) is 1.55. The predicted molar refractivity (Wildman–Crippen MR) is 114 cm³/mol. The van der Waals surface area contributed by atoms with Crippen molar-refractivity contribution in [1.82, 2.24) is 16.0 Å². The smallest absolute Gasteiger partial charge is 0.315 e. The van der Waals surface area contributed by atoms with Crippen LogP contribution in [0, 0.1) is 17.8 Å². The molecule has 24 heavy (non-hydrogen) atoms. The third-order valence-electron chi connectivity index (χ3n) is 2.68. The summed E-state index contributed by atoms with van der Waals surface area (Å²) in [5.41, 5.74) is 0. The average Bonchev–Trinajstić information content (AvgIpc) is 2.52. The standard InChI is InChI=1S/C17H33N3O2S2.3H2/c1-15(2)8-7-10-20-17(21)19-9-5-6-12-22-14-24-23-13-11-18-16(3)4;;;/h15-16,18H,5-6,9-14H2,1-4H3,(H2,19,20,21);3*1H. The second kappa shape index (κ2) is 17.3. The van der Waals surface area contributed by atoms with Crippen molar-refractivity contribution in [1.29, 1.82) is 0 Å². The third-order valence-corrected chi connectivity index (χ3v) is 4.77. The highest BCUT2D eigenvalue weighted by Gasteiger charge is 1.97.